The third-order valence-corrected chi connectivity index (χ3v) is 4.18. The van der Waals surface area contributed by atoms with Crippen molar-refractivity contribution in [3.8, 4) is 11.1 Å². The van der Waals surface area contributed by atoms with E-state index in [9.17, 15) is 9.59 Å². The average molecular weight is 320 g/mol. The predicted octanol–water partition coefficient (Wildman–Crippen LogP) is 3.70. The van der Waals surface area contributed by atoms with Crippen LogP contribution in [0.1, 0.15) is 30.8 Å². The van der Waals surface area contributed by atoms with Gasteiger partial charge in [0.15, 0.2) is 0 Å². The Bertz CT molecular complexity index is 881. The number of hydrogen-bond acceptors (Lipinski definition) is 2. The van der Waals surface area contributed by atoms with Crippen LogP contribution in [0.25, 0.3) is 16.6 Å². The number of rotatable bonds is 5. The van der Waals surface area contributed by atoms with Gasteiger partial charge in [-0.1, -0.05) is 43.3 Å². The number of aromatic nitrogens is 1. The zero-order valence-electron chi connectivity index (χ0n) is 13.8. The van der Waals surface area contributed by atoms with Crippen molar-refractivity contribution in [1.82, 2.24) is 9.72 Å². The number of benzene rings is 1. The van der Waals surface area contributed by atoms with Crippen molar-refractivity contribution in [2.45, 2.75) is 26.3 Å². The van der Waals surface area contributed by atoms with Crippen molar-refractivity contribution in [3.05, 3.63) is 66.5 Å². The molecule has 1 N–H and O–H groups in total. The van der Waals surface area contributed by atoms with Gasteiger partial charge in [-0.25, -0.2) is 0 Å². The molecule has 0 aliphatic rings. The maximum absolute atomic E-state index is 12.8. The fraction of sp³-hybridized carbons (Fsp3) is 0.200. The number of hydrogen-bond donors (Lipinski definition) is 1. The minimum atomic E-state index is -0.564. The Morgan fingerprint density at radius 3 is 2.50 bits per heavy atom. The molecule has 0 aliphatic heterocycles. The van der Waals surface area contributed by atoms with Crippen LogP contribution in [-0.4, -0.2) is 22.1 Å². The minimum absolute atomic E-state index is 0.0344. The molecule has 0 saturated heterocycles. The SMILES string of the molecule is CC[C@H](C)NC(=O)C(=O)c1c(-c2ccccc2)cc2ccccn12. The summed E-state index contributed by atoms with van der Waals surface area (Å²) in [6, 6.07) is 17.3. The first-order valence-electron chi connectivity index (χ1n) is 8.12. The van der Waals surface area contributed by atoms with Crippen molar-refractivity contribution < 1.29 is 9.59 Å². The van der Waals surface area contributed by atoms with E-state index in [0.717, 1.165) is 23.1 Å². The molecule has 1 atom stereocenters. The van der Waals surface area contributed by atoms with Crippen LogP contribution in [0.3, 0.4) is 0 Å². The molecule has 122 valence electrons. The maximum atomic E-state index is 12.8. The van der Waals surface area contributed by atoms with E-state index in [1.807, 2.05) is 74.6 Å². The molecule has 2 heterocycles. The Morgan fingerprint density at radius 2 is 1.79 bits per heavy atom. The molecule has 3 rings (SSSR count). The highest BCUT2D eigenvalue weighted by Gasteiger charge is 2.25. The summed E-state index contributed by atoms with van der Waals surface area (Å²) in [6.07, 6.45) is 2.59. The number of ketones is 1. The third kappa shape index (κ3) is 2.95. The van der Waals surface area contributed by atoms with Crippen molar-refractivity contribution in [2.24, 2.45) is 0 Å². The van der Waals surface area contributed by atoms with Gasteiger partial charge in [-0.05, 0) is 37.1 Å². The summed E-state index contributed by atoms with van der Waals surface area (Å²) in [4.78, 5) is 25.2. The van der Waals surface area contributed by atoms with Crippen molar-refractivity contribution in [3.63, 3.8) is 0 Å². The average Bonchev–Trinajstić information content (AvgIpc) is 3.01. The van der Waals surface area contributed by atoms with Gasteiger partial charge in [0.2, 0.25) is 0 Å². The van der Waals surface area contributed by atoms with Gasteiger partial charge in [0, 0.05) is 23.3 Å². The van der Waals surface area contributed by atoms with Crippen LogP contribution in [0, 0.1) is 0 Å². The van der Waals surface area contributed by atoms with Crippen molar-refractivity contribution in [1.29, 1.82) is 0 Å². The van der Waals surface area contributed by atoms with Crippen LogP contribution in [0.15, 0.2) is 60.8 Å². The molecule has 0 aliphatic carbocycles. The molecule has 0 bridgehead atoms. The highest BCUT2D eigenvalue weighted by atomic mass is 16.2. The first kappa shape index (κ1) is 16.0. The molecule has 1 aromatic carbocycles. The zero-order valence-corrected chi connectivity index (χ0v) is 13.8. The second kappa shape index (κ2) is 6.71. The molecule has 0 unspecified atom stereocenters. The van der Waals surface area contributed by atoms with Crippen molar-refractivity contribution in [2.75, 3.05) is 0 Å². The molecule has 2 aromatic heterocycles. The quantitative estimate of drug-likeness (QED) is 0.575. The lowest BCUT2D eigenvalue weighted by Crippen LogP contribution is -2.37. The molecular weight excluding hydrogens is 300 g/mol. The maximum Gasteiger partial charge on any atom is 0.294 e. The topological polar surface area (TPSA) is 50.6 Å². The van der Waals surface area contributed by atoms with Crippen LogP contribution in [-0.2, 0) is 4.79 Å². The lowest BCUT2D eigenvalue weighted by molar-refractivity contribution is -0.117. The van der Waals surface area contributed by atoms with E-state index in [0.29, 0.717) is 5.69 Å². The molecule has 0 fully saturated rings. The molecule has 0 spiro atoms. The fourth-order valence-corrected chi connectivity index (χ4v) is 2.69. The van der Waals surface area contributed by atoms with Crippen LogP contribution in [0.2, 0.25) is 0 Å². The molecule has 3 aromatic rings. The normalized spacial score (nSPS) is 12.1. The Morgan fingerprint density at radius 1 is 1.08 bits per heavy atom. The van der Waals surface area contributed by atoms with E-state index in [1.54, 1.807) is 4.40 Å². The Kier molecular flexibility index (Phi) is 4.47. The molecule has 24 heavy (non-hydrogen) atoms. The first-order chi connectivity index (χ1) is 11.6. The number of nitrogens with zero attached hydrogens (tertiary/aromatic N) is 1. The van der Waals surface area contributed by atoms with E-state index in [1.165, 1.54) is 0 Å². The highest BCUT2D eigenvalue weighted by Crippen LogP contribution is 2.28. The number of carbonyl (C=O) groups excluding carboxylic acids is 2. The molecule has 0 radical (unpaired) electrons. The van der Waals surface area contributed by atoms with E-state index < -0.39 is 11.7 Å². The summed E-state index contributed by atoms with van der Waals surface area (Å²) >= 11 is 0. The fourth-order valence-electron chi connectivity index (χ4n) is 2.69. The molecular formula is C20H20N2O2. The number of pyridine rings is 1. The first-order valence-corrected chi connectivity index (χ1v) is 8.12. The van der Waals surface area contributed by atoms with E-state index >= 15 is 0 Å². The number of amides is 1. The van der Waals surface area contributed by atoms with Crippen LogP contribution in [0.5, 0.6) is 0 Å². The van der Waals surface area contributed by atoms with Crippen LogP contribution >= 0.6 is 0 Å². The molecule has 4 heteroatoms. The third-order valence-electron chi connectivity index (χ3n) is 4.18. The van der Waals surface area contributed by atoms with E-state index in [4.69, 9.17) is 0 Å². The van der Waals surface area contributed by atoms with Gasteiger partial charge in [-0.15, -0.1) is 0 Å². The van der Waals surface area contributed by atoms with E-state index in [2.05, 4.69) is 5.32 Å². The summed E-state index contributed by atoms with van der Waals surface area (Å²) in [5, 5.41) is 2.76. The molecule has 1 amide bonds. The second-order valence-electron chi connectivity index (χ2n) is 5.88. The number of Topliss-reactive ketones (excluding diaryl/α,β-unsaturated/α-hetero) is 1. The Hall–Kier alpha value is -2.88. The predicted molar refractivity (Wildman–Crippen MR) is 95.1 cm³/mol. The summed E-state index contributed by atoms with van der Waals surface area (Å²) in [7, 11) is 0. The van der Waals surface area contributed by atoms with Gasteiger partial charge in [-0.2, -0.15) is 0 Å². The van der Waals surface area contributed by atoms with Crippen molar-refractivity contribution >= 4 is 17.2 Å². The largest absolute Gasteiger partial charge is 0.347 e. The smallest absolute Gasteiger partial charge is 0.294 e. The Labute approximate surface area is 141 Å². The summed E-state index contributed by atoms with van der Waals surface area (Å²) in [5.41, 5.74) is 2.97. The van der Waals surface area contributed by atoms with Gasteiger partial charge < -0.3 is 9.72 Å². The summed E-state index contributed by atoms with van der Waals surface area (Å²) in [5.74, 6) is -1.08. The van der Waals surface area contributed by atoms with Gasteiger partial charge in [0.25, 0.3) is 11.7 Å². The summed E-state index contributed by atoms with van der Waals surface area (Å²) < 4.78 is 1.78. The number of nitrogens with one attached hydrogen (secondary N) is 1. The monoisotopic (exact) mass is 320 g/mol. The lowest BCUT2D eigenvalue weighted by atomic mass is 10.0. The van der Waals surface area contributed by atoms with Crippen LogP contribution < -0.4 is 5.32 Å². The molecule has 4 nitrogen and oxygen atoms in total. The zero-order chi connectivity index (χ0) is 17.1. The van der Waals surface area contributed by atoms with Gasteiger partial charge in [-0.3, -0.25) is 9.59 Å². The molecule has 0 saturated carbocycles. The highest BCUT2D eigenvalue weighted by molar-refractivity contribution is 6.43. The number of carbonyl (C=O) groups is 2. The van der Waals surface area contributed by atoms with Gasteiger partial charge in [0.1, 0.15) is 5.69 Å². The van der Waals surface area contributed by atoms with Crippen LogP contribution in [0.4, 0.5) is 0 Å². The second-order valence-corrected chi connectivity index (χ2v) is 5.88. The number of fused-ring (bicyclic) bond motifs is 1. The summed E-state index contributed by atoms with van der Waals surface area (Å²) in [6.45, 7) is 3.86. The lowest BCUT2D eigenvalue weighted by Gasteiger charge is -2.11. The van der Waals surface area contributed by atoms with E-state index in [-0.39, 0.29) is 6.04 Å². The van der Waals surface area contributed by atoms with Gasteiger partial charge in [0.05, 0.1) is 0 Å². The van der Waals surface area contributed by atoms with Gasteiger partial charge >= 0.3 is 0 Å². The minimum Gasteiger partial charge on any atom is -0.347 e. The Balaban J connectivity index is 2.12. The standard InChI is InChI=1S/C20H20N2O2/c1-3-14(2)21-20(24)19(23)18-17(15-9-5-4-6-10-15)13-16-11-7-8-12-22(16)18/h4-14H,3H2,1-2H3,(H,21,24)/t14-/m0/s1.